The van der Waals surface area contributed by atoms with Crippen molar-refractivity contribution in [2.45, 2.75) is 12.7 Å². The summed E-state index contributed by atoms with van der Waals surface area (Å²) in [6.45, 7) is 0.566. The predicted molar refractivity (Wildman–Crippen MR) is 71.2 cm³/mol. The maximum absolute atomic E-state index is 12.4. The molecule has 3 nitrogen and oxygen atoms in total. The number of anilines is 1. The van der Waals surface area contributed by atoms with Crippen LogP contribution in [0, 0.1) is 0 Å². The lowest BCUT2D eigenvalue weighted by atomic mass is 10.3. The molecule has 0 bridgehead atoms. The first kappa shape index (κ1) is 14.3. The van der Waals surface area contributed by atoms with Gasteiger partial charge in [-0.05, 0) is 40.2 Å². The highest BCUT2D eigenvalue weighted by Crippen LogP contribution is 2.28. The second kappa shape index (κ2) is 5.46. The minimum absolute atomic E-state index is 0.400. The topological polar surface area (TPSA) is 29.0 Å². The van der Waals surface area contributed by atoms with Crippen molar-refractivity contribution in [3.05, 3.63) is 38.6 Å². The summed E-state index contributed by atoms with van der Waals surface area (Å²) in [6, 6.07) is 6.12. The molecule has 0 fully saturated rings. The van der Waals surface area contributed by atoms with Crippen LogP contribution < -0.4 is 4.90 Å². The SMILES string of the molecule is CN(Cc1ccc(Br)s1)c1ccc(C(F)(F)F)nn1. The minimum atomic E-state index is -4.46. The molecule has 19 heavy (non-hydrogen) atoms. The van der Waals surface area contributed by atoms with E-state index < -0.39 is 11.9 Å². The van der Waals surface area contributed by atoms with E-state index in [-0.39, 0.29) is 0 Å². The second-order valence-corrected chi connectivity index (χ2v) is 6.38. The van der Waals surface area contributed by atoms with Gasteiger partial charge >= 0.3 is 6.18 Å². The zero-order chi connectivity index (χ0) is 14.0. The molecule has 2 rings (SSSR count). The highest BCUT2D eigenvalue weighted by atomic mass is 79.9. The standard InChI is InChI=1S/C11H9BrF3N3S/c1-18(6-7-2-4-9(12)19-7)10-5-3-8(16-17-10)11(13,14)15/h2-5H,6H2,1H3. The molecule has 8 heteroatoms. The molecule has 0 aromatic carbocycles. The van der Waals surface area contributed by atoms with Gasteiger partial charge in [-0.2, -0.15) is 13.2 Å². The van der Waals surface area contributed by atoms with Crippen LogP contribution in [0.5, 0.6) is 0 Å². The van der Waals surface area contributed by atoms with Crippen LogP contribution in [0.15, 0.2) is 28.1 Å². The van der Waals surface area contributed by atoms with E-state index in [2.05, 4.69) is 26.1 Å². The Morgan fingerprint density at radius 1 is 1.21 bits per heavy atom. The van der Waals surface area contributed by atoms with Crippen molar-refractivity contribution in [2.75, 3.05) is 11.9 Å². The molecule has 0 aliphatic heterocycles. The number of hydrogen-bond acceptors (Lipinski definition) is 4. The Kier molecular flexibility index (Phi) is 4.10. The van der Waals surface area contributed by atoms with Crippen LogP contribution in [0.1, 0.15) is 10.6 Å². The van der Waals surface area contributed by atoms with Gasteiger partial charge in [0.15, 0.2) is 11.5 Å². The Bertz CT molecular complexity index is 553. The molecular formula is C11H9BrF3N3S. The number of aromatic nitrogens is 2. The fraction of sp³-hybridized carbons (Fsp3) is 0.273. The minimum Gasteiger partial charge on any atom is -0.353 e. The van der Waals surface area contributed by atoms with Gasteiger partial charge in [0.25, 0.3) is 0 Å². The fourth-order valence-corrected chi connectivity index (χ4v) is 2.97. The number of rotatable bonds is 3. The molecule has 102 valence electrons. The summed E-state index contributed by atoms with van der Waals surface area (Å²) < 4.78 is 38.1. The van der Waals surface area contributed by atoms with Gasteiger partial charge in [-0.25, -0.2) is 0 Å². The lowest BCUT2D eigenvalue weighted by Crippen LogP contribution is -2.18. The highest BCUT2D eigenvalue weighted by Gasteiger charge is 2.32. The van der Waals surface area contributed by atoms with E-state index >= 15 is 0 Å². The first-order valence-electron chi connectivity index (χ1n) is 5.22. The van der Waals surface area contributed by atoms with Gasteiger partial charge in [-0.1, -0.05) is 0 Å². The van der Waals surface area contributed by atoms with E-state index in [0.717, 1.165) is 14.7 Å². The fourth-order valence-electron chi connectivity index (χ4n) is 1.43. The summed E-state index contributed by atoms with van der Waals surface area (Å²) in [4.78, 5) is 2.82. The van der Waals surface area contributed by atoms with Crippen LogP contribution in [0.25, 0.3) is 0 Å². The molecule has 0 atom stereocenters. The number of nitrogens with zero attached hydrogens (tertiary/aromatic N) is 3. The first-order valence-corrected chi connectivity index (χ1v) is 6.83. The van der Waals surface area contributed by atoms with Gasteiger partial charge in [0, 0.05) is 11.9 Å². The Morgan fingerprint density at radius 2 is 1.95 bits per heavy atom. The molecule has 0 saturated carbocycles. The second-order valence-electron chi connectivity index (χ2n) is 3.84. The van der Waals surface area contributed by atoms with Crippen LogP contribution in [-0.4, -0.2) is 17.2 Å². The first-order chi connectivity index (χ1) is 8.86. The number of alkyl halides is 3. The molecule has 2 heterocycles. The van der Waals surface area contributed by atoms with Gasteiger partial charge < -0.3 is 4.90 Å². The summed E-state index contributed by atoms with van der Waals surface area (Å²) in [6.07, 6.45) is -4.46. The summed E-state index contributed by atoms with van der Waals surface area (Å²) in [5.74, 6) is 0.400. The summed E-state index contributed by atoms with van der Waals surface area (Å²) >= 11 is 4.92. The average Bonchev–Trinajstić information content (AvgIpc) is 2.74. The van der Waals surface area contributed by atoms with Gasteiger partial charge in [-0.15, -0.1) is 21.5 Å². The molecule has 0 N–H and O–H groups in total. The molecule has 0 aliphatic carbocycles. The van der Waals surface area contributed by atoms with Crippen LogP contribution in [0.4, 0.5) is 19.0 Å². The maximum Gasteiger partial charge on any atom is 0.435 e. The van der Waals surface area contributed by atoms with Crippen molar-refractivity contribution in [3.8, 4) is 0 Å². The van der Waals surface area contributed by atoms with Crippen molar-refractivity contribution >= 4 is 33.1 Å². The van der Waals surface area contributed by atoms with E-state index in [1.807, 2.05) is 12.1 Å². The van der Waals surface area contributed by atoms with Crippen molar-refractivity contribution in [2.24, 2.45) is 0 Å². The molecule has 0 amide bonds. The zero-order valence-corrected chi connectivity index (χ0v) is 12.2. The number of halogens is 4. The van der Waals surface area contributed by atoms with Crippen LogP contribution in [0.3, 0.4) is 0 Å². The van der Waals surface area contributed by atoms with Crippen molar-refractivity contribution in [3.63, 3.8) is 0 Å². The van der Waals surface area contributed by atoms with Crippen molar-refractivity contribution < 1.29 is 13.2 Å². The van der Waals surface area contributed by atoms with Crippen molar-refractivity contribution in [1.29, 1.82) is 0 Å². The predicted octanol–water partition coefficient (Wildman–Crippen LogP) is 3.96. The lowest BCUT2D eigenvalue weighted by molar-refractivity contribution is -0.141. The molecule has 0 saturated heterocycles. The van der Waals surface area contributed by atoms with E-state index in [1.54, 1.807) is 23.3 Å². The van der Waals surface area contributed by atoms with Crippen LogP contribution in [0.2, 0.25) is 0 Å². The van der Waals surface area contributed by atoms with E-state index in [0.29, 0.717) is 12.4 Å². The van der Waals surface area contributed by atoms with E-state index in [9.17, 15) is 13.2 Å². The third-order valence-corrected chi connectivity index (χ3v) is 3.96. The Labute approximate surface area is 120 Å². The average molecular weight is 352 g/mol. The van der Waals surface area contributed by atoms with E-state index in [4.69, 9.17) is 0 Å². The highest BCUT2D eigenvalue weighted by molar-refractivity contribution is 9.11. The van der Waals surface area contributed by atoms with Crippen LogP contribution >= 0.6 is 27.3 Å². The normalized spacial score (nSPS) is 11.6. The molecular weight excluding hydrogens is 343 g/mol. The number of hydrogen-bond donors (Lipinski definition) is 0. The third-order valence-electron chi connectivity index (χ3n) is 2.35. The lowest BCUT2D eigenvalue weighted by Gasteiger charge is -2.16. The summed E-state index contributed by atoms with van der Waals surface area (Å²) in [7, 11) is 1.75. The quantitative estimate of drug-likeness (QED) is 0.838. The Morgan fingerprint density at radius 3 is 2.42 bits per heavy atom. The third kappa shape index (κ3) is 3.66. The van der Waals surface area contributed by atoms with Gasteiger partial charge in [-0.3, -0.25) is 0 Å². The Hall–Kier alpha value is -1.15. The van der Waals surface area contributed by atoms with Crippen LogP contribution in [-0.2, 0) is 12.7 Å². The molecule has 0 spiro atoms. The largest absolute Gasteiger partial charge is 0.435 e. The summed E-state index contributed by atoms with van der Waals surface area (Å²) in [5, 5.41) is 6.79. The van der Waals surface area contributed by atoms with Gasteiger partial charge in [0.1, 0.15) is 0 Å². The smallest absolute Gasteiger partial charge is 0.353 e. The molecule has 2 aromatic heterocycles. The monoisotopic (exact) mass is 351 g/mol. The molecule has 0 unspecified atom stereocenters. The molecule has 0 radical (unpaired) electrons. The zero-order valence-electron chi connectivity index (χ0n) is 9.78. The van der Waals surface area contributed by atoms with Gasteiger partial charge in [0.2, 0.25) is 0 Å². The van der Waals surface area contributed by atoms with Crippen molar-refractivity contribution in [1.82, 2.24) is 10.2 Å². The van der Waals surface area contributed by atoms with Gasteiger partial charge in [0.05, 0.1) is 10.3 Å². The number of thiophene rings is 1. The maximum atomic E-state index is 12.4. The Balaban J connectivity index is 2.09. The van der Waals surface area contributed by atoms with E-state index in [1.165, 1.54) is 6.07 Å². The summed E-state index contributed by atoms with van der Waals surface area (Å²) in [5.41, 5.74) is -0.983. The molecule has 2 aromatic rings. The molecule has 0 aliphatic rings.